The monoisotopic (exact) mass is 389 g/mol. The van der Waals surface area contributed by atoms with E-state index >= 15 is 0 Å². The van der Waals surface area contributed by atoms with Crippen molar-refractivity contribution in [3.8, 4) is 5.69 Å². The number of amides is 1. The van der Waals surface area contributed by atoms with Crippen molar-refractivity contribution < 1.29 is 9.18 Å². The molecular formula is C19H17ClFN3OS. The molecule has 1 amide bonds. The summed E-state index contributed by atoms with van der Waals surface area (Å²) < 4.78 is 15.6. The van der Waals surface area contributed by atoms with Gasteiger partial charge in [-0.1, -0.05) is 47.6 Å². The van der Waals surface area contributed by atoms with Crippen LogP contribution in [0.1, 0.15) is 5.56 Å². The Labute approximate surface area is 160 Å². The number of rotatable bonds is 6. The highest BCUT2D eigenvalue weighted by Crippen LogP contribution is 2.23. The van der Waals surface area contributed by atoms with Crippen LogP contribution in [0.25, 0.3) is 5.69 Å². The van der Waals surface area contributed by atoms with Crippen LogP contribution in [0.5, 0.6) is 0 Å². The highest BCUT2D eigenvalue weighted by molar-refractivity contribution is 7.99. The first-order valence-electron chi connectivity index (χ1n) is 7.94. The van der Waals surface area contributed by atoms with E-state index in [1.165, 1.54) is 22.7 Å². The Kier molecular flexibility index (Phi) is 5.96. The van der Waals surface area contributed by atoms with Crippen LogP contribution in [0.15, 0.2) is 66.1 Å². The number of carbonyl (C=O) groups excluding carboxylic acids is 1. The molecule has 0 aliphatic rings. The number of thioether (sulfide) groups is 1. The number of aromatic nitrogens is 2. The SMILES string of the molecule is CN(Cc1ccccc1F)C(=O)CSc1nccn1-c1cccc(Cl)c1. The molecule has 3 rings (SSSR count). The number of halogens is 2. The Bertz CT molecular complexity index is 915. The van der Waals surface area contributed by atoms with E-state index in [9.17, 15) is 9.18 Å². The maximum atomic E-state index is 13.7. The first-order valence-corrected chi connectivity index (χ1v) is 9.30. The predicted octanol–water partition coefficient (Wildman–Crippen LogP) is 4.42. The quantitative estimate of drug-likeness (QED) is 0.586. The number of carbonyl (C=O) groups is 1. The topological polar surface area (TPSA) is 38.1 Å². The Morgan fingerprint density at radius 1 is 1.27 bits per heavy atom. The number of hydrogen-bond acceptors (Lipinski definition) is 3. The fraction of sp³-hybridized carbons (Fsp3) is 0.158. The van der Waals surface area contributed by atoms with E-state index in [0.717, 1.165) is 5.69 Å². The molecule has 0 bridgehead atoms. The second-order valence-corrected chi connectivity index (χ2v) is 7.07. The molecule has 0 aliphatic heterocycles. The van der Waals surface area contributed by atoms with Crippen LogP contribution in [0, 0.1) is 5.82 Å². The van der Waals surface area contributed by atoms with Gasteiger partial charge in [0.2, 0.25) is 5.91 Å². The van der Waals surface area contributed by atoms with Crippen molar-refractivity contribution in [2.75, 3.05) is 12.8 Å². The predicted molar refractivity (Wildman–Crippen MR) is 102 cm³/mol. The molecule has 0 aliphatic carbocycles. The third kappa shape index (κ3) is 4.45. The smallest absolute Gasteiger partial charge is 0.233 e. The van der Waals surface area contributed by atoms with E-state index in [1.54, 1.807) is 37.5 Å². The summed E-state index contributed by atoms with van der Waals surface area (Å²) in [6, 6.07) is 13.9. The zero-order valence-electron chi connectivity index (χ0n) is 14.1. The molecule has 1 heterocycles. The first kappa shape index (κ1) is 18.5. The van der Waals surface area contributed by atoms with Crippen molar-refractivity contribution in [2.24, 2.45) is 0 Å². The summed E-state index contributed by atoms with van der Waals surface area (Å²) in [5, 5.41) is 1.33. The molecule has 2 aromatic carbocycles. The molecule has 134 valence electrons. The fourth-order valence-corrected chi connectivity index (χ4v) is 3.52. The van der Waals surface area contributed by atoms with Crippen molar-refractivity contribution in [3.63, 3.8) is 0 Å². The zero-order chi connectivity index (χ0) is 18.5. The molecule has 26 heavy (non-hydrogen) atoms. The molecule has 0 radical (unpaired) electrons. The van der Waals surface area contributed by atoms with Gasteiger partial charge in [-0.05, 0) is 24.3 Å². The highest BCUT2D eigenvalue weighted by Gasteiger charge is 2.14. The van der Waals surface area contributed by atoms with Crippen LogP contribution >= 0.6 is 23.4 Å². The summed E-state index contributed by atoms with van der Waals surface area (Å²) in [5.74, 6) is -0.196. The van der Waals surface area contributed by atoms with Gasteiger partial charge >= 0.3 is 0 Å². The summed E-state index contributed by atoms with van der Waals surface area (Å²) in [6.45, 7) is 0.231. The number of imidazole rings is 1. The lowest BCUT2D eigenvalue weighted by atomic mass is 10.2. The van der Waals surface area contributed by atoms with Crippen molar-refractivity contribution >= 4 is 29.3 Å². The molecule has 0 fully saturated rings. The lowest BCUT2D eigenvalue weighted by Crippen LogP contribution is -2.28. The first-order chi connectivity index (χ1) is 12.5. The number of benzene rings is 2. The molecule has 0 atom stereocenters. The Balaban J connectivity index is 1.63. The summed E-state index contributed by atoms with van der Waals surface area (Å²) in [4.78, 5) is 18.2. The van der Waals surface area contributed by atoms with Gasteiger partial charge in [0.25, 0.3) is 0 Å². The van der Waals surface area contributed by atoms with Gasteiger partial charge < -0.3 is 4.90 Å². The minimum Gasteiger partial charge on any atom is -0.341 e. The molecule has 7 heteroatoms. The van der Waals surface area contributed by atoms with E-state index in [-0.39, 0.29) is 24.0 Å². The fourth-order valence-electron chi connectivity index (χ4n) is 2.43. The standard InChI is InChI=1S/C19H17ClFN3OS/c1-23(12-14-5-2-3-8-17(14)21)18(25)13-26-19-22-9-10-24(19)16-7-4-6-15(20)11-16/h2-11H,12-13H2,1H3. The van der Waals surface area contributed by atoms with Crippen LogP contribution < -0.4 is 0 Å². The second kappa shape index (κ2) is 8.38. The number of nitrogens with zero attached hydrogens (tertiary/aromatic N) is 3. The van der Waals surface area contributed by atoms with E-state index in [0.29, 0.717) is 15.7 Å². The van der Waals surface area contributed by atoms with Crippen LogP contribution in [-0.2, 0) is 11.3 Å². The van der Waals surface area contributed by atoms with Crippen LogP contribution in [0.4, 0.5) is 4.39 Å². The van der Waals surface area contributed by atoms with Crippen LogP contribution in [-0.4, -0.2) is 33.2 Å². The third-order valence-electron chi connectivity index (χ3n) is 3.81. The Hall–Kier alpha value is -2.31. The molecule has 3 aromatic rings. The molecule has 0 saturated heterocycles. The van der Waals surface area contributed by atoms with Crippen molar-refractivity contribution in [1.82, 2.24) is 14.5 Å². The van der Waals surface area contributed by atoms with Crippen molar-refractivity contribution in [1.29, 1.82) is 0 Å². The minimum atomic E-state index is -0.309. The van der Waals surface area contributed by atoms with Gasteiger partial charge in [-0.2, -0.15) is 0 Å². The zero-order valence-corrected chi connectivity index (χ0v) is 15.7. The normalized spacial score (nSPS) is 10.7. The van der Waals surface area contributed by atoms with Gasteiger partial charge in [-0.15, -0.1) is 0 Å². The van der Waals surface area contributed by atoms with Gasteiger partial charge in [-0.3, -0.25) is 9.36 Å². The molecule has 0 spiro atoms. The summed E-state index contributed by atoms with van der Waals surface area (Å²) in [6.07, 6.45) is 3.50. The molecule has 0 N–H and O–H groups in total. The molecular weight excluding hydrogens is 373 g/mol. The van der Waals surface area contributed by atoms with Gasteiger partial charge in [0.15, 0.2) is 5.16 Å². The lowest BCUT2D eigenvalue weighted by Gasteiger charge is -2.17. The number of hydrogen-bond donors (Lipinski definition) is 0. The van der Waals surface area contributed by atoms with Crippen molar-refractivity contribution in [2.45, 2.75) is 11.7 Å². The third-order valence-corrected chi connectivity index (χ3v) is 5.00. The van der Waals surface area contributed by atoms with E-state index < -0.39 is 0 Å². The summed E-state index contributed by atoms with van der Waals surface area (Å²) in [7, 11) is 1.67. The summed E-state index contributed by atoms with van der Waals surface area (Å²) in [5.41, 5.74) is 1.37. The van der Waals surface area contributed by atoms with Gasteiger partial charge in [0.1, 0.15) is 5.82 Å². The van der Waals surface area contributed by atoms with E-state index in [1.807, 2.05) is 29.0 Å². The summed E-state index contributed by atoms with van der Waals surface area (Å²) >= 11 is 7.37. The van der Waals surface area contributed by atoms with Gasteiger partial charge in [0, 0.05) is 42.3 Å². The Morgan fingerprint density at radius 2 is 2.08 bits per heavy atom. The maximum absolute atomic E-state index is 13.7. The van der Waals surface area contributed by atoms with Crippen molar-refractivity contribution in [3.05, 3.63) is 77.3 Å². The average Bonchev–Trinajstić information content (AvgIpc) is 3.10. The van der Waals surface area contributed by atoms with Crippen LogP contribution in [0.3, 0.4) is 0 Å². The highest BCUT2D eigenvalue weighted by atomic mass is 35.5. The molecule has 0 unspecified atom stereocenters. The van der Waals surface area contributed by atoms with E-state index in [4.69, 9.17) is 11.6 Å². The van der Waals surface area contributed by atoms with Gasteiger partial charge in [-0.25, -0.2) is 9.37 Å². The van der Waals surface area contributed by atoms with E-state index in [2.05, 4.69) is 4.98 Å². The Morgan fingerprint density at radius 3 is 2.85 bits per heavy atom. The average molecular weight is 390 g/mol. The minimum absolute atomic E-state index is 0.0982. The molecule has 0 saturated carbocycles. The largest absolute Gasteiger partial charge is 0.341 e. The van der Waals surface area contributed by atoms with Crippen LogP contribution in [0.2, 0.25) is 5.02 Å². The maximum Gasteiger partial charge on any atom is 0.233 e. The second-order valence-electron chi connectivity index (χ2n) is 5.69. The molecule has 4 nitrogen and oxygen atoms in total. The lowest BCUT2D eigenvalue weighted by molar-refractivity contribution is -0.127. The van der Waals surface area contributed by atoms with Gasteiger partial charge in [0.05, 0.1) is 5.75 Å². The molecule has 1 aromatic heterocycles.